The summed E-state index contributed by atoms with van der Waals surface area (Å²) < 4.78 is 5.11. The van der Waals surface area contributed by atoms with Crippen molar-refractivity contribution in [1.29, 1.82) is 0 Å². The van der Waals surface area contributed by atoms with Crippen LogP contribution in [0.5, 0.6) is 11.5 Å². The highest BCUT2D eigenvalue weighted by atomic mass is 35.5. The number of carbonyl (C=O) groups is 1. The maximum Gasteiger partial charge on any atom is 0.266 e. The van der Waals surface area contributed by atoms with Gasteiger partial charge in [0.05, 0.1) is 22.7 Å². The molecule has 1 N–H and O–H groups in total. The molecular formula is C19H17ClN2O3S. The number of thioether (sulfide) groups is 1. The molecule has 0 radical (unpaired) electrons. The number of halogens is 1. The summed E-state index contributed by atoms with van der Waals surface area (Å²) in [5.41, 5.74) is 1.11. The van der Waals surface area contributed by atoms with Gasteiger partial charge in [-0.2, -0.15) is 0 Å². The van der Waals surface area contributed by atoms with E-state index >= 15 is 0 Å². The van der Waals surface area contributed by atoms with Crippen molar-refractivity contribution in [2.45, 2.75) is 6.92 Å². The number of benzene rings is 2. The van der Waals surface area contributed by atoms with E-state index in [9.17, 15) is 9.90 Å². The van der Waals surface area contributed by atoms with Gasteiger partial charge in [0.1, 0.15) is 0 Å². The minimum atomic E-state index is -0.162. The molecule has 2 aromatic carbocycles. The van der Waals surface area contributed by atoms with Crippen LogP contribution in [0.25, 0.3) is 6.08 Å². The van der Waals surface area contributed by atoms with E-state index in [2.05, 4.69) is 4.99 Å². The molecule has 134 valence electrons. The van der Waals surface area contributed by atoms with Crippen molar-refractivity contribution < 1.29 is 14.6 Å². The van der Waals surface area contributed by atoms with E-state index < -0.39 is 0 Å². The van der Waals surface area contributed by atoms with E-state index in [0.717, 1.165) is 0 Å². The quantitative estimate of drug-likeness (QED) is 0.772. The number of phenolic OH excluding ortho intramolecular Hbond substituents is 1. The highest BCUT2D eigenvalue weighted by Crippen LogP contribution is 2.38. The molecule has 26 heavy (non-hydrogen) atoms. The second-order valence-electron chi connectivity index (χ2n) is 5.40. The van der Waals surface area contributed by atoms with Crippen LogP contribution in [-0.2, 0) is 4.79 Å². The molecule has 0 atom stereocenters. The van der Waals surface area contributed by atoms with Crippen molar-refractivity contribution in [3.05, 3.63) is 58.0 Å². The first-order valence-electron chi connectivity index (χ1n) is 7.95. The van der Waals surface area contributed by atoms with Crippen molar-refractivity contribution in [1.82, 2.24) is 4.90 Å². The summed E-state index contributed by atoms with van der Waals surface area (Å²) in [5, 5.41) is 11.3. The molecular weight excluding hydrogens is 372 g/mol. The maximum atomic E-state index is 12.7. The number of hydrogen-bond donors (Lipinski definition) is 1. The van der Waals surface area contributed by atoms with Crippen LogP contribution in [-0.4, -0.2) is 34.7 Å². The number of rotatable bonds is 4. The Balaban J connectivity index is 1.99. The Labute approximate surface area is 160 Å². The van der Waals surface area contributed by atoms with Crippen LogP contribution < -0.4 is 4.74 Å². The number of amides is 1. The fraction of sp³-hybridized carbons (Fsp3) is 0.158. The molecule has 1 aliphatic heterocycles. The highest BCUT2D eigenvalue weighted by Gasteiger charge is 2.32. The second-order valence-corrected chi connectivity index (χ2v) is 6.82. The predicted molar refractivity (Wildman–Crippen MR) is 106 cm³/mol. The average Bonchev–Trinajstić information content (AvgIpc) is 2.93. The molecule has 0 aromatic heterocycles. The molecule has 3 rings (SSSR count). The first-order chi connectivity index (χ1) is 12.5. The first-order valence-corrected chi connectivity index (χ1v) is 9.15. The fourth-order valence-corrected chi connectivity index (χ4v) is 3.70. The van der Waals surface area contributed by atoms with Gasteiger partial charge in [-0.3, -0.25) is 9.69 Å². The van der Waals surface area contributed by atoms with Crippen molar-refractivity contribution >= 4 is 46.2 Å². The zero-order valence-electron chi connectivity index (χ0n) is 14.3. The smallest absolute Gasteiger partial charge is 0.266 e. The van der Waals surface area contributed by atoms with E-state index in [0.29, 0.717) is 38.6 Å². The summed E-state index contributed by atoms with van der Waals surface area (Å²) in [6, 6.07) is 12.3. The number of ether oxygens (including phenoxy) is 1. The molecule has 1 aliphatic rings. The molecule has 5 nitrogen and oxygen atoms in total. The van der Waals surface area contributed by atoms with Crippen LogP contribution in [0, 0.1) is 0 Å². The number of methoxy groups -OCH3 is 1. The maximum absolute atomic E-state index is 12.7. The average molecular weight is 389 g/mol. The summed E-state index contributed by atoms with van der Waals surface area (Å²) in [6.45, 7) is 2.36. The lowest BCUT2D eigenvalue weighted by Gasteiger charge is -2.12. The Kier molecular flexibility index (Phi) is 5.54. The molecule has 0 aliphatic carbocycles. The van der Waals surface area contributed by atoms with Gasteiger partial charge in [0.25, 0.3) is 5.91 Å². The van der Waals surface area contributed by atoms with Gasteiger partial charge in [-0.25, -0.2) is 4.99 Å². The summed E-state index contributed by atoms with van der Waals surface area (Å²) in [6.07, 6.45) is 1.64. The number of amidine groups is 1. The normalized spacial score (nSPS) is 17.3. The van der Waals surface area contributed by atoms with E-state index in [1.165, 1.54) is 18.9 Å². The largest absolute Gasteiger partial charge is 0.504 e. The molecule has 0 saturated carbocycles. The van der Waals surface area contributed by atoms with Crippen LogP contribution in [0.15, 0.2) is 52.4 Å². The van der Waals surface area contributed by atoms with E-state index in [4.69, 9.17) is 16.3 Å². The Morgan fingerprint density at radius 3 is 2.73 bits per heavy atom. The van der Waals surface area contributed by atoms with Crippen LogP contribution in [0.3, 0.4) is 0 Å². The molecule has 1 heterocycles. The topological polar surface area (TPSA) is 62.1 Å². The zero-order valence-corrected chi connectivity index (χ0v) is 15.8. The van der Waals surface area contributed by atoms with Crippen LogP contribution >= 0.6 is 23.4 Å². The Morgan fingerprint density at radius 1 is 1.27 bits per heavy atom. The molecule has 2 aromatic rings. The van der Waals surface area contributed by atoms with Gasteiger partial charge in [0.15, 0.2) is 16.7 Å². The Bertz CT molecular complexity index is 911. The number of hydrogen-bond acceptors (Lipinski definition) is 5. The second kappa shape index (κ2) is 7.85. The van der Waals surface area contributed by atoms with Crippen molar-refractivity contribution in [3.63, 3.8) is 0 Å². The van der Waals surface area contributed by atoms with Gasteiger partial charge in [-0.15, -0.1) is 0 Å². The zero-order chi connectivity index (χ0) is 18.7. The monoisotopic (exact) mass is 388 g/mol. The van der Waals surface area contributed by atoms with Gasteiger partial charge in [-0.1, -0.05) is 35.9 Å². The highest BCUT2D eigenvalue weighted by molar-refractivity contribution is 8.18. The molecule has 7 heteroatoms. The number of aromatic hydroxyl groups is 1. The summed E-state index contributed by atoms with van der Waals surface area (Å²) in [7, 11) is 1.48. The Morgan fingerprint density at radius 2 is 2.04 bits per heavy atom. The number of nitrogens with zero attached hydrogens (tertiary/aromatic N) is 2. The first kappa shape index (κ1) is 18.4. The summed E-state index contributed by atoms with van der Waals surface area (Å²) in [4.78, 5) is 19.3. The molecule has 1 saturated heterocycles. The van der Waals surface area contributed by atoms with Gasteiger partial charge in [0.2, 0.25) is 0 Å². The van der Waals surface area contributed by atoms with Crippen molar-refractivity contribution in [2.75, 3.05) is 13.7 Å². The van der Waals surface area contributed by atoms with Gasteiger partial charge in [0, 0.05) is 12.1 Å². The number of phenols is 1. The third-order valence-electron chi connectivity index (χ3n) is 3.81. The third kappa shape index (κ3) is 3.57. The van der Waals surface area contributed by atoms with E-state index in [-0.39, 0.29) is 11.7 Å². The minimum absolute atomic E-state index is 0.00422. The molecule has 0 bridgehead atoms. The van der Waals surface area contributed by atoms with Crippen LogP contribution in [0.2, 0.25) is 5.02 Å². The number of likely N-dealkylation sites (N-methyl/N-ethyl adjacent to an activating group) is 1. The lowest BCUT2D eigenvalue weighted by molar-refractivity contribution is -0.122. The van der Waals surface area contributed by atoms with E-state index in [1.807, 2.05) is 19.1 Å². The summed E-state index contributed by atoms with van der Waals surface area (Å²) >= 11 is 7.42. The Hall–Kier alpha value is -2.44. The molecule has 1 fully saturated rings. The number of carbonyl (C=O) groups excluding carboxylic acids is 1. The predicted octanol–water partition coefficient (Wildman–Crippen LogP) is 4.68. The van der Waals surface area contributed by atoms with Crippen LogP contribution in [0.4, 0.5) is 5.69 Å². The third-order valence-corrected chi connectivity index (χ3v) is 5.14. The van der Waals surface area contributed by atoms with Crippen LogP contribution in [0.1, 0.15) is 12.5 Å². The number of para-hydroxylation sites is 2. The molecule has 1 amide bonds. The standard InChI is InChI=1S/C19H17ClN2O3S/c1-3-22-18(24)16(11-12-7-6-10-15(25-2)17(12)23)26-19(22)21-14-9-5-4-8-13(14)20/h4-11,23H,3H2,1-2H3/b16-11+,21-19?. The van der Waals surface area contributed by atoms with Crippen molar-refractivity contribution in [3.8, 4) is 11.5 Å². The summed E-state index contributed by atoms with van der Waals surface area (Å²) in [5.74, 6) is 0.188. The van der Waals surface area contributed by atoms with Gasteiger partial charge in [-0.05, 0) is 43.0 Å². The van der Waals surface area contributed by atoms with Gasteiger partial charge >= 0.3 is 0 Å². The van der Waals surface area contributed by atoms with E-state index in [1.54, 1.807) is 41.3 Å². The molecule has 0 spiro atoms. The van der Waals surface area contributed by atoms with Crippen molar-refractivity contribution in [2.24, 2.45) is 4.99 Å². The number of aliphatic imine (C=N–C) groups is 1. The fourth-order valence-electron chi connectivity index (χ4n) is 2.48. The lowest BCUT2D eigenvalue weighted by Crippen LogP contribution is -2.28. The van der Waals surface area contributed by atoms with Gasteiger partial charge < -0.3 is 9.84 Å². The SMILES string of the molecule is CCN1C(=O)/C(=C\c2cccc(OC)c2O)SC1=Nc1ccccc1Cl. The lowest BCUT2D eigenvalue weighted by atomic mass is 10.1. The molecule has 0 unspecified atom stereocenters. The minimum Gasteiger partial charge on any atom is -0.504 e.